The molecule has 36 heavy (non-hydrogen) atoms. The number of nitrogens with zero attached hydrogens (tertiary/aromatic N) is 1. The molecule has 2 heterocycles. The zero-order chi connectivity index (χ0) is 25.8. The normalized spacial score (nSPS) is 20.5. The molecule has 0 radical (unpaired) electrons. The number of carbonyl (C=O) groups is 2. The Morgan fingerprint density at radius 3 is 2.56 bits per heavy atom. The van der Waals surface area contributed by atoms with Crippen molar-refractivity contribution in [3.8, 4) is 0 Å². The number of ether oxygens (including phenoxy) is 1. The number of nitrogens with one attached hydrogen (secondary N) is 1. The Kier molecular flexibility index (Phi) is 6.06. The van der Waals surface area contributed by atoms with E-state index in [0.29, 0.717) is 12.0 Å². The van der Waals surface area contributed by atoms with Gasteiger partial charge in [-0.25, -0.2) is 4.79 Å². The fourth-order valence-corrected chi connectivity index (χ4v) is 5.96. The lowest BCUT2D eigenvalue weighted by Crippen LogP contribution is -2.39. The van der Waals surface area contributed by atoms with Crippen molar-refractivity contribution in [3.63, 3.8) is 0 Å². The van der Waals surface area contributed by atoms with E-state index in [1.54, 1.807) is 0 Å². The molecule has 0 saturated heterocycles. The lowest BCUT2D eigenvalue weighted by atomic mass is 9.68. The summed E-state index contributed by atoms with van der Waals surface area (Å²) in [4.78, 5) is 27.2. The molecule has 1 aliphatic carbocycles. The van der Waals surface area contributed by atoms with Gasteiger partial charge in [-0.1, -0.05) is 45.0 Å². The van der Waals surface area contributed by atoms with Crippen LogP contribution in [0, 0.1) is 5.41 Å². The topological polar surface area (TPSA) is 60.3 Å². The molecule has 188 valence electrons. The van der Waals surface area contributed by atoms with Crippen LogP contribution in [0.15, 0.2) is 65.0 Å². The number of esters is 1. The zero-order valence-corrected chi connectivity index (χ0v) is 22.2. The van der Waals surface area contributed by atoms with Crippen LogP contribution in [0.4, 0.5) is 0 Å². The first-order valence-electron chi connectivity index (χ1n) is 13.1. The van der Waals surface area contributed by atoms with Gasteiger partial charge < -0.3 is 14.6 Å². The summed E-state index contributed by atoms with van der Waals surface area (Å²) >= 11 is 0. The summed E-state index contributed by atoms with van der Waals surface area (Å²) in [6.45, 7) is 13.1. The predicted molar refractivity (Wildman–Crippen MR) is 145 cm³/mol. The number of para-hydroxylation sites is 1. The van der Waals surface area contributed by atoms with Crippen LogP contribution >= 0.6 is 0 Å². The van der Waals surface area contributed by atoms with Crippen molar-refractivity contribution in [2.75, 3.05) is 0 Å². The fourth-order valence-electron chi connectivity index (χ4n) is 5.96. The van der Waals surface area contributed by atoms with Crippen LogP contribution in [0.5, 0.6) is 0 Å². The number of Topliss-reactive ketones (excluding diaryl/α,β-unsaturated/α-hetero) is 1. The maximum Gasteiger partial charge on any atom is 0.337 e. The molecule has 2 atom stereocenters. The Labute approximate surface area is 213 Å². The molecule has 1 aliphatic heterocycles. The molecule has 5 heteroatoms. The third-order valence-electron chi connectivity index (χ3n) is 7.79. The number of hydrogen-bond acceptors (Lipinski definition) is 4. The molecule has 3 aromatic rings. The number of fused-ring (bicyclic) bond motifs is 3. The standard InChI is InChI=1S/C31H36N2O3/c1-7-18(3)36-30(35)27-19(4)32-23-16-31(5,6)17-26(34)29(23)28(27)20-13-14-25-22(15-20)21-11-9-10-12-24(21)33(25)8-2/h9-15,18,28,32H,7-8,16-17H2,1-6H3. The monoisotopic (exact) mass is 484 g/mol. The number of benzene rings is 2. The third-order valence-corrected chi connectivity index (χ3v) is 7.79. The number of rotatable bonds is 5. The lowest BCUT2D eigenvalue weighted by molar-refractivity contribution is -0.144. The summed E-state index contributed by atoms with van der Waals surface area (Å²) < 4.78 is 8.14. The molecular weight excluding hydrogens is 448 g/mol. The van der Waals surface area contributed by atoms with Crippen molar-refractivity contribution in [1.29, 1.82) is 0 Å². The Hall–Kier alpha value is -3.34. The van der Waals surface area contributed by atoms with Gasteiger partial charge in [-0.05, 0) is 62.8 Å². The highest BCUT2D eigenvalue weighted by Crippen LogP contribution is 2.47. The van der Waals surface area contributed by atoms with E-state index in [-0.39, 0.29) is 23.3 Å². The summed E-state index contributed by atoms with van der Waals surface area (Å²) in [6.07, 6.45) is 1.78. The third kappa shape index (κ3) is 3.95. The van der Waals surface area contributed by atoms with Gasteiger partial charge >= 0.3 is 5.97 Å². The van der Waals surface area contributed by atoms with Gasteiger partial charge in [0.25, 0.3) is 0 Å². The first kappa shape index (κ1) is 24.4. The first-order chi connectivity index (χ1) is 17.1. The molecule has 2 aliphatic rings. The SMILES string of the molecule is CCC(C)OC(=O)C1=C(C)NC2=C(C(=O)CC(C)(C)C2)C1c1ccc2c(c1)c1ccccc1n2CC. The van der Waals surface area contributed by atoms with Crippen molar-refractivity contribution in [1.82, 2.24) is 9.88 Å². The molecule has 5 nitrogen and oxygen atoms in total. The van der Waals surface area contributed by atoms with Gasteiger partial charge in [0.2, 0.25) is 0 Å². The number of carbonyl (C=O) groups excluding carboxylic acids is 2. The van der Waals surface area contributed by atoms with E-state index in [4.69, 9.17) is 4.74 Å². The van der Waals surface area contributed by atoms with Crippen molar-refractivity contribution in [2.45, 2.75) is 79.4 Å². The van der Waals surface area contributed by atoms with Crippen LogP contribution in [-0.2, 0) is 20.9 Å². The van der Waals surface area contributed by atoms with Crippen molar-refractivity contribution in [2.24, 2.45) is 5.41 Å². The average Bonchev–Trinajstić information content (AvgIpc) is 3.15. The molecule has 1 aromatic heterocycles. The predicted octanol–water partition coefficient (Wildman–Crippen LogP) is 6.76. The molecule has 0 bridgehead atoms. The second-order valence-electron chi connectivity index (χ2n) is 11.1. The van der Waals surface area contributed by atoms with Gasteiger partial charge in [0.1, 0.15) is 0 Å². The maximum atomic E-state index is 13.6. The number of aromatic nitrogens is 1. The molecule has 0 saturated carbocycles. The van der Waals surface area contributed by atoms with Gasteiger partial charge in [0, 0.05) is 57.7 Å². The van der Waals surface area contributed by atoms with Gasteiger partial charge in [-0.2, -0.15) is 0 Å². The van der Waals surface area contributed by atoms with Crippen molar-refractivity contribution < 1.29 is 14.3 Å². The van der Waals surface area contributed by atoms with Gasteiger partial charge in [-0.3, -0.25) is 4.79 Å². The highest BCUT2D eigenvalue weighted by Gasteiger charge is 2.43. The van der Waals surface area contributed by atoms with Crippen LogP contribution in [0.25, 0.3) is 21.8 Å². The molecule has 2 aromatic carbocycles. The molecule has 5 rings (SSSR count). The largest absolute Gasteiger partial charge is 0.459 e. The Morgan fingerprint density at radius 1 is 1.11 bits per heavy atom. The van der Waals surface area contributed by atoms with E-state index < -0.39 is 5.92 Å². The van der Waals surface area contributed by atoms with Crippen molar-refractivity contribution >= 4 is 33.6 Å². The van der Waals surface area contributed by atoms with E-state index in [2.05, 4.69) is 73.1 Å². The van der Waals surface area contributed by atoms with Gasteiger partial charge in [0.15, 0.2) is 5.78 Å². The highest BCUT2D eigenvalue weighted by atomic mass is 16.5. The first-order valence-corrected chi connectivity index (χ1v) is 13.1. The second-order valence-corrected chi connectivity index (χ2v) is 11.1. The number of hydrogen-bond donors (Lipinski definition) is 1. The van der Waals surface area contributed by atoms with Gasteiger partial charge in [0.05, 0.1) is 11.7 Å². The number of aryl methyl sites for hydroxylation is 1. The lowest BCUT2D eigenvalue weighted by Gasteiger charge is -2.39. The minimum Gasteiger partial charge on any atom is -0.459 e. The van der Waals surface area contributed by atoms with Crippen LogP contribution in [0.1, 0.15) is 72.3 Å². The Morgan fingerprint density at radius 2 is 1.83 bits per heavy atom. The van der Waals surface area contributed by atoms with Crippen LogP contribution in [0.2, 0.25) is 0 Å². The molecule has 1 N–H and O–H groups in total. The number of ketones is 1. The molecular formula is C31H36N2O3. The molecule has 0 amide bonds. The molecule has 2 unspecified atom stereocenters. The number of dihydropyridines is 1. The minimum atomic E-state index is -0.449. The smallest absolute Gasteiger partial charge is 0.337 e. The maximum absolute atomic E-state index is 13.6. The fraction of sp³-hybridized carbons (Fsp3) is 0.419. The summed E-state index contributed by atoms with van der Waals surface area (Å²) in [7, 11) is 0. The average molecular weight is 485 g/mol. The molecule has 0 fully saturated rings. The summed E-state index contributed by atoms with van der Waals surface area (Å²) in [5.74, 6) is -0.690. The Bertz CT molecular complexity index is 1450. The van der Waals surface area contributed by atoms with E-state index >= 15 is 0 Å². The quantitative estimate of drug-likeness (QED) is 0.407. The van der Waals surface area contributed by atoms with Crippen LogP contribution in [0.3, 0.4) is 0 Å². The second kappa shape index (κ2) is 8.95. The van der Waals surface area contributed by atoms with Gasteiger partial charge in [-0.15, -0.1) is 0 Å². The van der Waals surface area contributed by atoms with E-state index in [1.807, 2.05) is 20.8 Å². The molecule has 0 spiro atoms. The number of allylic oxidation sites excluding steroid dienone is 3. The zero-order valence-electron chi connectivity index (χ0n) is 22.2. The van der Waals surface area contributed by atoms with E-state index in [1.165, 1.54) is 10.9 Å². The Balaban J connectivity index is 1.73. The van der Waals surface area contributed by atoms with Crippen LogP contribution < -0.4 is 5.32 Å². The summed E-state index contributed by atoms with van der Waals surface area (Å²) in [5.41, 5.74) is 6.15. The summed E-state index contributed by atoms with van der Waals surface area (Å²) in [5, 5.41) is 5.76. The van der Waals surface area contributed by atoms with Crippen LogP contribution in [-0.4, -0.2) is 22.4 Å². The van der Waals surface area contributed by atoms with Crippen molar-refractivity contribution in [3.05, 3.63) is 70.6 Å². The summed E-state index contributed by atoms with van der Waals surface area (Å²) in [6, 6.07) is 14.8. The highest BCUT2D eigenvalue weighted by molar-refractivity contribution is 6.09. The van der Waals surface area contributed by atoms with E-state index in [0.717, 1.165) is 52.8 Å². The van der Waals surface area contributed by atoms with E-state index in [9.17, 15) is 9.59 Å². The minimum absolute atomic E-state index is 0.108.